The molecular formula is C15H9BrClFO2. The summed E-state index contributed by atoms with van der Waals surface area (Å²) in [5.41, 5.74) is 0.817. The van der Waals surface area contributed by atoms with E-state index in [2.05, 4.69) is 15.9 Å². The molecule has 20 heavy (non-hydrogen) atoms. The van der Waals surface area contributed by atoms with Gasteiger partial charge in [-0.15, -0.1) is 0 Å². The van der Waals surface area contributed by atoms with E-state index in [1.807, 2.05) is 0 Å². The van der Waals surface area contributed by atoms with E-state index in [-0.39, 0.29) is 18.0 Å². The van der Waals surface area contributed by atoms with Gasteiger partial charge in [-0.2, -0.15) is 0 Å². The number of ketones is 1. The van der Waals surface area contributed by atoms with Crippen LogP contribution in [-0.4, -0.2) is 5.78 Å². The third-order valence-electron chi connectivity index (χ3n) is 3.19. The lowest BCUT2D eigenvalue weighted by molar-refractivity contribution is 0.0846. The predicted molar refractivity (Wildman–Crippen MR) is 77.9 cm³/mol. The normalized spacial score (nSPS) is 17.6. The van der Waals surface area contributed by atoms with Crippen LogP contribution in [0.4, 0.5) is 4.39 Å². The fourth-order valence-electron chi connectivity index (χ4n) is 2.23. The van der Waals surface area contributed by atoms with Crippen LogP contribution in [0.5, 0.6) is 5.75 Å². The summed E-state index contributed by atoms with van der Waals surface area (Å²) in [4.78, 5) is 12.1. The summed E-state index contributed by atoms with van der Waals surface area (Å²) in [5, 5.41) is 0.479. The van der Waals surface area contributed by atoms with Gasteiger partial charge >= 0.3 is 0 Å². The molecule has 5 heteroatoms. The van der Waals surface area contributed by atoms with Crippen LogP contribution < -0.4 is 4.74 Å². The molecule has 0 radical (unpaired) electrons. The molecule has 0 saturated heterocycles. The highest BCUT2D eigenvalue weighted by Crippen LogP contribution is 2.37. The maximum Gasteiger partial charge on any atom is 0.170 e. The topological polar surface area (TPSA) is 26.3 Å². The minimum atomic E-state index is -0.617. The van der Waals surface area contributed by atoms with E-state index in [1.54, 1.807) is 30.3 Å². The molecule has 2 aromatic rings. The molecule has 1 atom stereocenters. The molecular weight excluding hydrogens is 347 g/mol. The Balaban J connectivity index is 2.01. The number of halogens is 3. The van der Waals surface area contributed by atoms with Gasteiger partial charge in [0, 0.05) is 15.1 Å². The summed E-state index contributed by atoms with van der Waals surface area (Å²) in [6.45, 7) is 0. The van der Waals surface area contributed by atoms with Crippen molar-refractivity contribution in [3.8, 4) is 5.75 Å². The van der Waals surface area contributed by atoms with Crippen LogP contribution in [0, 0.1) is 5.82 Å². The van der Waals surface area contributed by atoms with Crippen LogP contribution in [0.2, 0.25) is 5.02 Å². The minimum absolute atomic E-state index is 0.0979. The second kappa shape index (κ2) is 5.19. The van der Waals surface area contributed by atoms with Gasteiger partial charge in [-0.3, -0.25) is 4.79 Å². The first-order chi connectivity index (χ1) is 9.54. The maximum absolute atomic E-state index is 13.9. The zero-order valence-electron chi connectivity index (χ0n) is 10.2. The smallest absolute Gasteiger partial charge is 0.170 e. The monoisotopic (exact) mass is 354 g/mol. The van der Waals surface area contributed by atoms with Gasteiger partial charge in [0.25, 0.3) is 0 Å². The van der Waals surface area contributed by atoms with E-state index in [0.29, 0.717) is 21.9 Å². The number of rotatable bonds is 1. The van der Waals surface area contributed by atoms with Crippen molar-refractivity contribution in [2.75, 3.05) is 0 Å². The molecule has 0 aliphatic carbocycles. The Morgan fingerprint density at radius 2 is 2.05 bits per heavy atom. The number of fused-ring (bicyclic) bond motifs is 1. The largest absolute Gasteiger partial charge is 0.484 e. The summed E-state index contributed by atoms with van der Waals surface area (Å²) in [6.07, 6.45) is -0.519. The highest BCUT2D eigenvalue weighted by Gasteiger charge is 2.29. The summed E-state index contributed by atoms with van der Waals surface area (Å²) < 4.78 is 20.4. The van der Waals surface area contributed by atoms with E-state index in [1.165, 1.54) is 6.07 Å². The summed E-state index contributed by atoms with van der Waals surface area (Å²) in [7, 11) is 0. The number of carbonyl (C=O) groups is 1. The van der Waals surface area contributed by atoms with Crippen LogP contribution in [0.15, 0.2) is 40.9 Å². The van der Waals surface area contributed by atoms with E-state index >= 15 is 0 Å². The van der Waals surface area contributed by atoms with Gasteiger partial charge < -0.3 is 4.74 Å². The Bertz CT molecular complexity index is 702. The molecule has 1 aliphatic rings. The summed E-state index contributed by atoms with van der Waals surface area (Å²) in [5.74, 6) is -0.0448. The average Bonchev–Trinajstić information content (AvgIpc) is 2.42. The maximum atomic E-state index is 13.9. The first-order valence-corrected chi connectivity index (χ1v) is 7.16. The van der Waals surface area contributed by atoms with Gasteiger partial charge in [-0.25, -0.2) is 4.39 Å². The van der Waals surface area contributed by atoms with Gasteiger partial charge in [-0.1, -0.05) is 27.5 Å². The minimum Gasteiger partial charge on any atom is -0.484 e. The molecule has 2 aromatic carbocycles. The first-order valence-electron chi connectivity index (χ1n) is 5.99. The van der Waals surface area contributed by atoms with Crippen LogP contribution >= 0.6 is 27.5 Å². The lowest BCUT2D eigenvalue weighted by Crippen LogP contribution is -2.21. The van der Waals surface area contributed by atoms with E-state index in [4.69, 9.17) is 16.3 Å². The second-order valence-corrected chi connectivity index (χ2v) is 5.89. The quantitative estimate of drug-likeness (QED) is 0.723. The highest BCUT2D eigenvalue weighted by atomic mass is 79.9. The van der Waals surface area contributed by atoms with Crippen LogP contribution in [-0.2, 0) is 0 Å². The number of ether oxygens (including phenoxy) is 1. The van der Waals surface area contributed by atoms with Gasteiger partial charge in [0.15, 0.2) is 5.78 Å². The third-order valence-corrected chi connectivity index (χ3v) is 3.92. The summed E-state index contributed by atoms with van der Waals surface area (Å²) in [6, 6.07) is 9.45. The van der Waals surface area contributed by atoms with Crippen molar-refractivity contribution >= 4 is 33.3 Å². The fourth-order valence-corrected chi connectivity index (χ4v) is 2.78. The predicted octanol–water partition coefficient (Wildman–Crippen LogP) is 4.95. The number of benzene rings is 2. The lowest BCUT2D eigenvalue weighted by Gasteiger charge is -2.26. The van der Waals surface area contributed by atoms with E-state index in [9.17, 15) is 9.18 Å². The summed E-state index contributed by atoms with van der Waals surface area (Å²) >= 11 is 9.16. The molecule has 1 unspecified atom stereocenters. The molecule has 0 amide bonds. The second-order valence-electron chi connectivity index (χ2n) is 4.54. The van der Waals surface area contributed by atoms with Crippen LogP contribution in [0.1, 0.15) is 28.4 Å². The number of carbonyl (C=O) groups excluding carboxylic acids is 1. The Hall–Kier alpha value is -1.39. The molecule has 0 fully saturated rings. The Morgan fingerprint density at radius 1 is 1.25 bits per heavy atom. The van der Waals surface area contributed by atoms with E-state index < -0.39 is 6.10 Å². The van der Waals surface area contributed by atoms with Crippen molar-refractivity contribution in [3.05, 3.63) is 62.8 Å². The van der Waals surface area contributed by atoms with Gasteiger partial charge in [0.2, 0.25) is 0 Å². The molecule has 102 valence electrons. The standard InChI is InChI=1S/C15H9BrClFO2/c16-8-1-3-12(18)10(5-8)15-7-13(19)11-6-9(17)2-4-14(11)20-15/h1-6,15H,7H2. The molecule has 0 bridgehead atoms. The number of hydrogen-bond donors (Lipinski definition) is 0. The van der Waals surface area contributed by atoms with Gasteiger partial charge in [0.05, 0.1) is 12.0 Å². The average molecular weight is 356 g/mol. The van der Waals surface area contributed by atoms with Crippen molar-refractivity contribution in [2.24, 2.45) is 0 Å². The molecule has 1 heterocycles. The number of hydrogen-bond acceptors (Lipinski definition) is 2. The zero-order valence-corrected chi connectivity index (χ0v) is 12.5. The van der Waals surface area contributed by atoms with E-state index in [0.717, 1.165) is 4.47 Å². The molecule has 2 nitrogen and oxygen atoms in total. The van der Waals surface area contributed by atoms with Gasteiger partial charge in [-0.05, 0) is 36.4 Å². The molecule has 3 rings (SSSR count). The fraction of sp³-hybridized carbons (Fsp3) is 0.133. The number of Topliss-reactive ketones (excluding diaryl/α,β-unsaturated/α-hetero) is 1. The van der Waals surface area contributed by atoms with Crippen molar-refractivity contribution < 1.29 is 13.9 Å². The Labute approximate surface area is 128 Å². The zero-order chi connectivity index (χ0) is 14.3. The molecule has 0 aromatic heterocycles. The first kappa shape index (κ1) is 13.6. The highest BCUT2D eigenvalue weighted by molar-refractivity contribution is 9.10. The van der Waals surface area contributed by atoms with Crippen molar-refractivity contribution in [2.45, 2.75) is 12.5 Å². The van der Waals surface area contributed by atoms with Crippen LogP contribution in [0.25, 0.3) is 0 Å². The van der Waals surface area contributed by atoms with Crippen molar-refractivity contribution in [3.63, 3.8) is 0 Å². The SMILES string of the molecule is O=C1CC(c2cc(Br)ccc2F)Oc2ccc(Cl)cc21. The lowest BCUT2D eigenvalue weighted by atomic mass is 9.96. The Morgan fingerprint density at radius 3 is 2.85 bits per heavy atom. The van der Waals surface area contributed by atoms with Crippen LogP contribution in [0.3, 0.4) is 0 Å². The third kappa shape index (κ3) is 2.45. The molecule has 0 spiro atoms. The molecule has 0 saturated carbocycles. The van der Waals surface area contributed by atoms with Crippen molar-refractivity contribution in [1.29, 1.82) is 0 Å². The molecule has 1 aliphatic heterocycles. The van der Waals surface area contributed by atoms with Gasteiger partial charge in [0.1, 0.15) is 17.7 Å². The van der Waals surface area contributed by atoms with Crippen molar-refractivity contribution in [1.82, 2.24) is 0 Å². The molecule has 0 N–H and O–H groups in total. The Kier molecular flexibility index (Phi) is 3.52.